The predicted molar refractivity (Wildman–Crippen MR) is 57.2 cm³/mol. The molecule has 0 aromatic rings. The highest BCUT2D eigenvalue weighted by Crippen LogP contribution is 2.25. The molecule has 0 aliphatic heterocycles. The highest BCUT2D eigenvalue weighted by Gasteiger charge is 2.02. The van der Waals surface area contributed by atoms with E-state index in [1.54, 1.807) is 0 Å². The van der Waals surface area contributed by atoms with Crippen molar-refractivity contribution in [3.05, 3.63) is 47.5 Å². The van der Waals surface area contributed by atoms with E-state index in [9.17, 15) is 0 Å². The summed E-state index contributed by atoms with van der Waals surface area (Å²) in [4.78, 5) is 0. The van der Waals surface area contributed by atoms with Crippen molar-refractivity contribution in [1.29, 1.82) is 0 Å². The lowest BCUT2D eigenvalue weighted by Crippen LogP contribution is -1.67. The molecular weight excluding hydrogens is 156 g/mol. The van der Waals surface area contributed by atoms with Gasteiger partial charge in [0.05, 0.1) is 0 Å². The van der Waals surface area contributed by atoms with Crippen molar-refractivity contribution in [2.45, 2.75) is 20.3 Å². The molecule has 0 aromatic carbocycles. The van der Waals surface area contributed by atoms with E-state index in [0.717, 1.165) is 6.42 Å². The fourth-order valence-corrected chi connectivity index (χ4v) is 1.60. The molecule has 0 heterocycles. The first-order valence-corrected chi connectivity index (χ1v) is 4.79. The quantitative estimate of drug-likeness (QED) is 0.612. The molecule has 0 saturated heterocycles. The molecule has 0 N–H and O–H groups in total. The SMILES string of the molecule is CCc1cc2ccc(C)ccc-2c1. The number of fused-ring (bicyclic) bond motifs is 1. The largest absolute Gasteiger partial charge is 0.0613 e. The highest BCUT2D eigenvalue weighted by atomic mass is 14.1. The zero-order valence-electron chi connectivity index (χ0n) is 8.17. The molecule has 13 heavy (non-hydrogen) atoms. The van der Waals surface area contributed by atoms with Crippen LogP contribution in [0.1, 0.15) is 18.1 Å². The third-order valence-corrected chi connectivity index (χ3v) is 2.47. The second-order valence-corrected chi connectivity index (χ2v) is 3.54. The third-order valence-electron chi connectivity index (χ3n) is 2.47. The Hall–Kier alpha value is -1.30. The van der Waals surface area contributed by atoms with Crippen LogP contribution in [0, 0.1) is 6.92 Å². The van der Waals surface area contributed by atoms with Crippen molar-refractivity contribution < 1.29 is 0 Å². The molecule has 0 aromatic heterocycles. The maximum Gasteiger partial charge on any atom is -0.0181 e. The van der Waals surface area contributed by atoms with Crippen molar-refractivity contribution in [3.8, 4) is 11.1 Å². The summed E-state index contributed by atoms with van der Waals surface area (Å²) in [6, 6.07) is 13.3. The molecule has 66 valence electrons. The van der Waals surface area contributed by atoms with Gasteiger partial charge in [0.15, 0.2) is 0 Å². The first kappa shape index (κ1) is 8.31. The van der Waals surface area contributed by atoms with E-state index in [1.807, 2.05) is 0 Å². The maximum absolute atomic E-state index is 2.27. The van der Waals surface area contributed by atoms with Crippen LogP contribution in [0.4, 0.5) is 0 Å². The van der Waals surface area contributed by atoms with E-state index in [4.69, 9.17) is 0 Å². The Morgan fingerprint density at radius 3 is 1.92 bits per heavy atom. The van der Waals surface area contributed by atoms with Crippen molar-refractivity contribution >= 4 is 0 Å². The van der Waals surface area contributed by atoms with Gasteiger partial charge in [-0.2, -0.15) is 0 Å². The lowest BCUT2D eigenvalue weighted by Gasteiger charge is -1.85. The van der Waals surface area contributed by atoms with E-state index in [-0.39, 0.29) is 0 Å². The zero-order valence-corrected chi connectivity index (χ0v) is 8.17. The van der Waals surface area contributed by atoms with Crippen molar-refractivity contribution in [2.24, 2.45) is 0 Å². The van der Waals surface area contributed by atoms with E-state index in [1.165, 1.54) is 22.3 Å². The molecule has 0 spiro atoms. The van der Waals surface area contributed by atoms with Crippen LogP contribution in [0.25, 0.3) is 11.1 Å². The molecule has 0 unspecified atom stereocenters. The molecule has 0 nitrogen and oxygen atoms in total. The van der Waals surface area contributed by atoms with Gasteiger partial charge in [0.2, 0.25) is 0 Å². The van der Waals surface area contributed by atoms with Gasteiger partial charge in [-0.15, -0.1) is 0 Å². The summed E-state index contributed by atoms with van der Waals surface area (Å²) in [5, 5.41) is 0. The van der Waals surface area contributed by atoms with Crippen LogP contribution in [0.15, 0.2) is 36.4 Å². The molecular formula is C13H14. The number of rotatable bonds is 1. The van der Waals surface area contributed by atoms with Crippen LogP contribution in [-0.2, 0) is 6.42 Å². The standard InChI is InChI=1S/C13H14/c1-3-11-8-12-6-4-10(2)5-7-13(12)9-11/h4-9H,3H2,1-2H3. The first-order chi connectivity index (χ1) is 6.29. The Balaban J connectivity index is 2.60. The first-order valence-electron chi connectivity index (χ1n) is 4.79. The van der Waals surface area contributed by atoms with Gasteiger partial charge in [-0.05, 0) is 30.0 Å². The van der Waals surface area contributed by atoms with Gasteiger partial charge in [-0.1, -0.05) is 48.9 Å². The maximum atomic E-state index is 2.27. The lowest BCUT2D eigenvalue weighted by molar-refractivity contribution is 1.15. The van der Waals surface area contributed by atoms with Crippen molar-refractivity contribution in [1.82, 2.24) is 0 Å². The number of aryl methyl sites for hydroxylation is 2. The summed E-state index contributed by atoms with van der Waals surface area (Å²) in [6.45, 7) is 4.32. The van der Waals surface area contributed by atoms with Gasteiger partial charge in [-0.25, -0.2) is 0 Å². The van der Waals surface area contributed by atoms with Gasteiger partial charge < -0.3 is 0 Å². The summed E-state index contributed by atoms with van der Waals surface area (Å²) >= 11 is 0. The summed E-state index contributed by atoms with van der Waals surface area (Å²) in [5.41, 5.74) is 5.45. The summed E-state index contributed by atoms with van der Waals surface area (Å²) in [6.07, 6.45) is 1.12. The lowest BCUT2D eigenvalue weighted by atomic mass is 10.2. The molecule has 0 atom stereocenters. The molecule has 0 bridgehead atoms. The Labute approximate surface area is 79.6 Å². The minimum absolute atomic E-state index is 1.12. The molecule has 2 aliphatic carbocycles. The minimum Gasteiger partial charge on any atom is -0.0613 e. The summed E-state index contributed by atoms with van der Waals surface area (Å²) in [7, 11) is 0. The van der Waals surface area contributed by atoms with Gasteiger partial charge >= 0.3 is 0 Å². The predicted octanol–water partition coefficient (Wildman–Crippen LogP) is 3.66. The minimum atomic E-state index is 1.12. The molecule has 0 saturated carbocycles. The van der Waals surface area contributed by atoms with E-state index in [2.05, 4.69) is 50.2 Å². The Kier molecular flexibility index (Phi) is 2.05. The van der Waals surface area contributed by atoms with Gasteiger partial charge in [0.1, 0.15) is 0 Å². The zero-order chi connectivity index (χ0) is 9.26. The smallest absolute Gasteiger partial charge is 0.0181 e. The second kappa shape index (κ2) is 3.21. The fraction of sp³-hybridized carbons (Fsp3) is 0.231. The number of hydrogen-bond donors (Lipinski definition) is 0. The Morgan fingerprint density at radius 2 is 1.46 bits per heavy atom. The summed E-state index contributed by atoms with van der Waals surface area (Å²) < 4.78 is 0. The Bertz CT molecular complexity index is 354. The number of hydrogen-bond acceptors (Lipinski definition) is 0. The van der Waals surface area contributed by atoms with E-state index in [0.29, 0.717) is 0 Å². The fourth-order valence-electron chi connectivity index (χ4n) is 1.60. The molecule has 0 heteroatoms. The normalized spacial score (nSPS) is 10.6. The van der Waals surface area contributed by atoms with Crippen LogP contribution in [0.2, 0.25) is 0 Å². The Morgan fingerprint density at radius 1 is 0.923 bits per heavy atom. The second-order valence-electron chi connectivity index (χ2n) is 3.54. The molecule has 0 amide bonds. The van der Waals surface area contributed by atoms with Crippen molar-refractivity contribution in [3.63, 3.8) is 0 Å². The van der Waals surface area contributed by atoms with Crippen molar-refractivity contribution in [2.75, 3.05) is 0 Å². The van der Waals surface area contributed by atoms with Crippen LogP contribution in [0.3, 0.4) is 0 Å². The van der Waals surface area contributed by atoms with Crippen LogP contribution in [-0.4, -0.2) is 0 Å². The molecule has 2 aliphatic rings. The average molecular weight is 170 g/mol. The van der Waals surface area contributed by atoms with E-state index < -0.39 is 0 Å². The summed E-state index contributed by atoms with van der Waals surface area (Å²) in [5.74, 6) is 0. The average Bonchev–Trinajstić information content (AvgIpc) is 2.47. The molecule has 0 radical (unpaired) electrons. The monoisotopic (exact) mass is 170 g/mol. The molecule has 0 fully saturated rings. The third kappa shape index (κ3) is 1.57. The van der Waals surface area contributed by atoms with Gasteiger partial charge in [0, 0.05) is 0 Å². The van der Waals surface area contributed by atoms with Crippen LogP contribution < -0.4 is 0 Å². The van der Waals surface area contributed by atoms with Crippen LogP contribution >= 0.6 is 0 Å². The van der Waals surface area contributed by atoms with Gasteiger partial charge in [-0.3, -0.25) is 0 Å². The topological polar surface area (TPSA) is 0 Å². The highest BCUT2D eigenvalue weighted by molar-refractivity contribution is 5.68. The molecule has 2 rings (SSSR count). The van der Waals surface area contributed by atoms with Crippen LogP contribution in [0.5, 0.6) is 0 Å². The van der Waals surface area contributed by atoms with Gasteiger partial charge in [0.25, 0.3) is 0 Å². The van der Waals surface area contributed by atoms with E-state index >= 15 is 0 Å².